The average Bonchev–Trinajstić information content (AvgIpc) is 2.88. The molecule has 9 nitrogen and oxygen atoms in total. The Hall–Kier alpha value is -1.82. The number of nitrogens with zero attached hydrogens (tertiary/aromatic N) is 4. The third-order valence-corrected chi connectivity index (χ3v) is 4.95. The third-order valence-electron chi connectivity index (χ3n) is 4.95. The van der Waals surface area contributed by atoms with Crippen molar-refractivity contribution in [1.82, 2.24) is 20.5 Å². The van der Waals surface area contributed by atoms with Gasteiger partial charge in [0.15, 0.2) is 5.96 Å². The fourth-order valence-electron chi connectivity index (χ4n) is 3.55. The molecular formula is C22H39IN6O3. The van der Waals surface area contributed by atoms with Gasteiger partial charge in [0.1, 0.15) is 17.1 Å². The van der Waals surface area contributed by atoms with Gasteiger partial charge in [-0.25, -0.2) is 9.78 Å². The highest BCUT2D eigenvalue weighted by molar-refractivity contribution is 14.0. The summed E-state index contributed by atoms with van der Waals surface area (Å²) in [6.45, 7) is 12.4. The Bertz CT molecular complexity index is 794. The molecule has 0 bridgehead atoms. The number of carbonyl (C=O) groups excluding carboxylic acids is 1. The van der Waals surface area contributed by atoms with E-state index in [9.17, 15) is 4.79 Å². The lowest BCUT2D eigenvalue weighted by Crippen LogP contribution is -2.54. The summed E-state index contributed by atoms with van der Waals surface area (Å²) in [7, 11) is 5.64. The minimum Gasteiger partial charge on any atom is -0.444 e. The lowest BCUT2D eigenvalue weighted by atomic mass is 10.1. The number of rotatable bonds is 5. The number of halogens is 1. The molecule has 1 aliphatic heterocycles. The van der Waals surface area contributed by atoms with Crippen molar-refractivity contribution in [3.63, 3.8) is 0 Å². The van der Waals surface area contributed by atoms with E-state index >= 15 is 0 Å². The largest absolute Gasteiger partial charge is 0.444 e. The van der Waals surface area contributed by atoms with Crippen molar-refractivity contribution < 1.29 is 14.3 Å². The second kappa shape index (κ2) is 11.4. The molecule has 2 atom stereocenters. The zero-order chi connectivity index (χ0) is 23.4. The van der Waals surface area contributed by atoms with Crippen molar-refractivity contribution in [1.29, 1.82) is 0 Å². The van der Waals surface area contributed by atoms with Crippen LogP contribution in [0.4, 0.5) is 10.6 Å². The lowest BCUT2D eigenvalue weighted by molar-refractivity contribution is -0.0755. The number of hydrogen-bond acceptors (Lipinski definition) is 6. The zero-order valence-electron chi connectivity index (χ0n) is 20.7. The minimum absolute atomic E-state index is 0. The number of nitrogens with one attached hydrogen (secondary N) is 2. The molecule has 0 aliphatic carbocycles. The van der Waals surface area contributed by atoms with Crippen molar-refractivity contribution in [2.24, 2.45) is 4.99 Å². The summed E-state index contributed by atoms with van der Waals surface area (Å²) in [4.78, 5) is 25.2. The molecule has 1 fully saturated rings. The molecule has 1 saturated heterocycles. The summed E-state index contributed by atoms with van der Waals surface area (Å²) in [5, 5.41) is 6.63. The third kappa shape index (κ3) is 7.65. The quantitative estimate of drug-likeness (QED) is 0.324. The van der Waals surface area contributed by atoms with Crippen molar-refractivity contribution in [2.45, 2.75) is 71.6 Å². The first-order chi connectivity index (χ1) is 14.3. The topological polar surface area (TPSA) is 91.3 Å². The Labute approximate surface area is 209 Å². The molecule has 1 aromatic rings. The summed E-state index contributed by atoms with van der Waals surface area (Å²) in [6, 6.07) is 3.79. The number of carbonyl (C=O) groups is 1. The van der Waals surface area contributed by atoms with Crippen LogP contribution >= 0.6 is 24.0 Å². The van der Waals surface area contributed by atoms with E-state index in [1.807, 2.05) is 72.7 Å². The van der Waals surface area contributed by atoms with Gasteiger partial charge in [-0.2, -0.15) is 0 Å². The van der Waals surface area contributed by atoms with Crippen molar-refractivity contribution in [3.8, 4) is 0 Å². The summed E-state index contributed by atoms with van der Waals surface area (Å²) in [5.41, 5.74) is -0.245. The van der Waals surface area contributed by atoms with Crippen LogP contribution in [-0.2, 0) is 16.0 Å². The number of anilines is 1. The zero-order valence-corrected chi connectivity index (χ0v) is 23.1. The van der Waals surface area contributed by atoms with Gasteiger partial charge in [0.2, 0.25) is 0 Å². The molecule has 2 heterocycles. The van der Waals surface area contributed by atoms with E-state index in [2.05, 4.69) is 20.6 Å². The van der Waals surface area contributed by atoms with Crippen LogP contribution in [0.1, 0.15) is 47.1 Å². The summed E-state index contributed by atoms with van der Waals surface area (Å²) >= 11 is 0. The highest BCUT2D eigenvalue weighted by Crippen LogP contribution is 2.33. The van der Waals surface area contributed by atoms with Gasteiger partial charge in [0.05, 0.1) is 12.1 Å². The van der Waals surface area contributed by atoms with Gasteiger partial charge < -0.3 is 25.0 Å². The first-order valence-corrected chi connectivity index (χ1v) is 10.6. The van der Waals surface area contributed by atoms with Gasteiger partial charge in [0.25, 0.3) is 0 Å². The predicted molar refractivity (Wildman–Crippen MR) is 139 cm³/mol. The van der Waals surface area contributed by atoms with Crippen molar-refractivity contribution >= 4 is 41.8 Å². The Morgan fingerprint density at radius 2 is 2.00 bits per heavy atom. The van der Waals surface area contributed by atoms with E-state index in [0.717, 1.165) is 11.4 Å². The molecule has 0 radical (unpaired) electrons. The Morgan fingerprint density at radius 3 is 2.56 bits per heavy atom. The molecule has 0 aromatic carbocycles. The van der Waals surface area contributed by atoms with Crippen LogP contribution in [0.5, 0.6) is 0 Å². The second-order valence-electron chi connectivity index (χ2n) is 9.41. The van der Waals surface area contributed by atoms with Crippen molar-refractivity contribution in [2.75, 3.05) is 32.6 Å². The standard InChI is InChI=1S/C22H38N6O3.HI/c1-15-17(28(22(5,6)30-15)20(29)31-21(2,3)4)14-26-19(23-7)25-13-16-10-11-24-18(12-16)27(8)9;/h10-12,15,17H,13-14H2,1-9H3,(H2,23,25,26);1H. The first kappa shape index (κ1) is 28.2. The van der Waals surface area contributed by atoms with E-state index in [4.69, 9.17) is 9.47 Å². The fourth-order valence-corrected chi connectivity index (χ4v) is 3.55. The molecule has 2 rings (SSSR count). The van der Waals surface area contributed by atoms with E-state index in [1.54, 1.807) is 18.1 Å². The van der Waals surface area contributed by atoms with Crippen molar-refractivity contribution in [3.05, 3.63) is 23.9 Å². The number of guanidine groups is 1. The maximum atomic E-state index is 12.9. The SMILES string of the molecule is CN=C(NCc1ccnc(N(C)C)c1)NCC1C(C)OC(C)(C)N1C(=O)OC(C)(C)C.I. The number of amides is 1. The average molecular weight is 562 g/mol. The molecule has 0 saturated carbocycles. The second-order valence-corrected chi connectivity index (χ2v) is 9.41. The van der Waals surface area contributed by atoms with Gasteiger partial charge >= 0.3 is 6.09 Å². The normalized spacial score (nSPS) is 20.4. The number of aliphatic imine (C=N–C) groups is 1. The van der Waals surface area contributed by atoms with E-state index in [1.165, 1.54) is 0 Å². The molecular weight excluding hydrogens is 523 g/mol. The van der Waals surface area contributed by atoms with Gasteiger partial charge in [-0.1, -0.05) is 0 Å². The Balaban J connectivity index is 0.00000512. The number of pyridine rings is 1. The molecule has 10 heteroatoms. The van der Waals surface area contributed by atoms with Gasteiger partial charge in [0, 0.05) is 40.4 Å². The first-order valence-electron chi connectivity index (χ1n) is 10.6. The van der Waals surface area contributed by atoms with E-state index in [-0.39, 0.29) is 42.2 Å². The highest BCUT2D eigenvalue weighted by atomic mass is 127. The molecule has 32 heavy (non-hydrogen) atoms. The Morgan fingerprint density at radius 1 is 1.34 bits per heavy atom. The molecule has 1 aliphatic rings. The molecule has 182 valence electrons. The number of aromatic nitrogens is 1. The fraction of sp³-hybridized carbons (Fsp3) is 0.682. The molecule has 1 amide bonds. The highest BCUT2D eigenvalue weighted by Gasteiger charge is 2.49. The summed E-state index contributed by atoms with van der Waals surface area (Å²) < 4.78 is 11.7. The summed E-state index contributed by atoms with van der Waals surface area (Å²) in [5.74, 6) is 1.54. The van der Waals surface area contributed by atoms with Gasteiger partial charge in [-0.15, -0.1) is 24.0 Å². The monoisotopic (exact) mass is 562 g/mol. The van der Waals surface area contributed by atoms with Crippen LogP contribution in [0.25, 0.3) is 0 Å². The molecule has 2 N–H and O–H groups in total. The predicted octanol–water partition coefficient (Wildman–Crippen LogP) is 3.19. The number of hydrogen-bond donors (Lipinski definition) is 2. The smallest absolute Gasteiger partial charge is 0.412 e. The van der Waals surface area contributed by atoms with E-state index in [0.29, 0.717) is 19.0 Å². The van der Waals surface area contributed by atoms with Gasteiger partial charge in [-0.3, -0.25) is 9.89 Å². The lowest BCUT2D eigenvalue weighted by Gasteiger charge is -2.35. The maximum Gasteiger partial charge on any atom is 0.412 e. The van der Waals surface area contributed by atoms with E-state index < -0.39 is 11.3 Å². The van der Waals surface area contributed by atoms with Crippen LogP contribution in [0.2, 0.25) is 0 Å². The maximum absolute atomic E-state index is 12.9. The van der Waals surface area contributed by atoms with Gasteiger partial charge in [-0.05, 0) is 59.2 Å². The van der Waals surface area contributed by atoms with Crippen LogP contribution < -0.4 is 15.5 Å². The van der Waals surface area contributed by atoms with Crippen LogP contribution in [0.15, 0.2) is 23.3 Å². The Kier molecular flexibility index (Phi) is 10.0. The molecule has 0 spiro atoms. The number of ether oxygens (including phenoxy) is 2. The molecule has 1 aromatic heterocycles. The molecule has 2 unspecified atom stereocenters. The minimum atomic E-state index is -0.759. The van der Waals surface area contributed by atoms with Crippen LogP contribution in [0, 0.1) is 0 Å². The van der Waals surface area contributed by atoms with Crippen LogP contribution in [0.3, 0.4) is 0 Å². The van der Waals surface area contributed by atoms with Crippen LogP contribution in [-0.4, -0.2) is 73.1 Å². The summed E-state index contributed by atoms with van der Waals surface area (Å²) in [6.07, 6.45) is 1.25.